The van der Waals surface area contributed by atoms with Crippen LogP contribution in [0.2, 0.25) is 0 Å². The molecule has 2 heterocycles. The van der Waals surface area contributed by atoms with E-state index in [0.717, 1.165) is 41.8 Å². The van der Waals surface area contributed by atoms with Gasteiger partial charge in [-0.1, -0.05) is 18.2 Å². The molecule has 110 valence electrons. The molecule has 0 N–H and O–H groups in total. The van der Waals surface area contributed by atoms with Crippen LogP contribution in [0.3, 0.4) is 0 Å². The Bertz CT molecular complexity index is 676. The van der Waals surface area contributed by atoms with Crippen molar-refractivity contribution >= 4 is 16.9 Å². The van der Waals surface area contributed by atoms with Crippen molar-refractivity contribution in [3.8, 4) is 0 Å². The van der Waals surface area contributed by atoms with E-state index in [-0.39, 0.29) is 5.97 Å². The summed E-state index contributed by atoms with van der Waals surface area (Å²) in [6.45, 7) is 4.85. The summed E-state index contributed by atoms with van der Waals surface area (Å²) in [6, 6.07) is 7.95. The van der Waals surface area contributed by atoms with Gasteiger partial charge in [0.2, 0.25) is 0 Å². The van der Waals surface area contributed by atoms with Crippen molar-refractivity contribution < 1.29 is 9.53 Å². The highest BCUT2D eigenvalue weighted by Gasteiger charge is 2.22. The molecule has 2 aromatic rings. The molecule has 0 saturated carbocycles. The van der Waals surface area contributed by atoms with Gasteiger partial charge in [0.05, 0.1) is 23.9 Å². The molecule has 1 saturated heterocycles. The molecule has 0 amide bonds. The summed E-state index contributed by atoms with van der Waals surface area (Å²) >= 11 is 0. The van der Waals surface area contributed by atoms with Gasteiger partial charge in [-0.05, 0) is 44.5 Å². The maximum atomic E-state index is 12.2. The van der Waals surface area contributed by atoms with E-state index in [4.69, 9.17) is 9.72 Å². The van der Waals surface area contributed by atoms with Crippen LogP contribution in [0.5, 0.6) is 0 Å². The van der Waals surface area contributed by atoms with Gasteiger partial charge in [-0.25, -0.2) is 4.79 Å². The Balaban J connectivity index is 2.12. The molecule has 0 bridgehead atoms. The van der Waals surface area contributed by atoms with Gasteiger partial charge in [0.1, 0.15) is 0 Å². The summed E-state index contributed by atoms with van der Waals surface area (Å²) in [5.74, 6) is -0.292. The summed E-state index contributed by atoms with van der Waals surface area (Å²) in [4.78, 5) is 19.3. The van der Waals surface area contributed by atoms with Crippen LogP contribution in [-0.4, -0.2) is 36.1 Å². The summed E-state index contributed by atoms with van der Waals surface area (Å²) in [7, 11) is 1.43. The van der Waals surface area contributed by atoms with Gasteiger partial charge in [-0.2, -0.15) is 0 Å². The van der Waals surface area contributed by atoms with Crippen molar-refractivity contribution in [1.29, 1.82) is 0 Å². The van der Waals surface area contributed by atoms with Gasteiger partial charge < -0.3 is 4.74 Å². The number of benzene rings is 1. The lowest BCUT2D eigenvalue weighted by atomic mass is 10.0. The Labute approximate surface area is 124 Å². The molecule has 0 spiro atoms. The number of carbonyl (C=O) groups excluding carboxylic acids is 1. The number of aryl methyl sites for hydroxylation is 1. The van der Waals surface area contributed by atoms with E-state index in [2.05, 4.69) is 4.90 Å². The number of hydrogen-bond acceptors (Lipinski definition) is 4. The largest absolute Gasteiger partial charge is 0.465 e. The maximum Gasteiger partial charge on any atom is 0.340 e. The molecule has 1 aromatic heterocycles. The predicted molar refractivity (Wildman–Crippen MR) is 82.3 cm³/mol. The van der Waals surface area contributed by atoms with Crippen LogP contribution >= 0.6 is 0 Å². The second-order valence-electron chi connectivity index (χ2n) is 5.55. The number of methoxy groups -OCH3 is 1. The highest BCUT2D eigenvalue weighted by atomic mass is 16.5. The van der Waals surface area contributed by atoms with E-state index in [1.54, 1.807) is 0 Å². The standard InChI is InChI=1S/C17H20N2O2/c1-12-13-7-3-4-8-14(13)18-15(16(12)17(20)21-2)11-19-9-5-6-10-19/h3-4,7-8H,5-6,9-11H2,1-2H3. The number of pyridine rings is 1. The molecular weight excluding hydrogens is 264 g/mol. The van der Waals surface area contributed by atoms with E-state index < -0.39 is 0 Å². The minimum atomic E-state index is -0.292. The number of rotatable bonds is 3. The first-order chi connectivity index (χ1) is 10.2. The monoisotopic (exact) mass is 284 g/mol. The number of ether oxygens (including phenoxy) is 1. The minimum absolute atomic E-state index is 0.292. The summed E-state index contributed by atoms with van der Waals surface area (Å²) in [5, 5.41) is 1.02. The molecule has 1 aliphatic rings. The molecular formula is C17H20N2O2. The smallest absolute Gasteiger partial charge is 0.340 e. The molecule has 0 aliphatic carbocycles. The lowest BCUT2D eigenvalue weighted by molar-refractivity contribution is 0.0597. The number of aromatic nitrogens is 1. The van der Waals surface area contributed by atoms with E-state index in [0.29, 0.717) is 5.56 Å². The molecule has 3 rings (SSSR count). The van der Waals surface area contributed by atoms with Crippen molar-refractivity contribution in [2.24, 2.45) is 0 Å². The topological polar surface area (TPSA) is 42.4 Å². The van der Waals surface area contributed by atoms with Crippen LogP contribution < -0.4 is 0 Å². The average Bonchev–Trinajstić information content (AvgIpc) is 3.00. The third kappa shape index (κ3) is 2.63. The van der Waals surface area contributed by atoms with Crippen LogP contribution in [-0.2, 0) is 11.3 Å². The highest BCUT2D eigenvalue weighted by Crippen LogP contribution is 2.25. The Morgan fingerprint density at radius 2 is 2.00 bits per heavy atom. The fraction of sp³-hybridized carbons (Fsp3) is 0.412. The number of fused-ring (bicyclic) bond motifs is 1. The van der Waals surface area contributed by atoms with Crippen molar-refractivity contribution in [3.63, 3.8) is 0 Å². The van der Waals surface area contributed by atoms with Gasteiger partial charge in [0, 0.05) is 11.9 Å². The number of para-hydroxylation sites is 1. The minimum Gasteiger partial charge on any atom is -0.465 e. The molecule has 4 nitrogen and oxygen atoms in total. The fourth-order valence-corrected chi connectivity index (χ4v) is 3.08. The number of carbonyl (C=O) groups is 1. The zero-order chi connectivity index (χ0) is 14.8. The molecule has 4 heteroatoms. The molecule has 1 fully saturated rings. The van der Waals surface area contributed by atoms with Gasteiger partial charge in [0.25, 0.3) is 0 Å². The number of hydrogen-bond donors (Lipinski definition) is 0. The predicted octanol–water partition coefficient (Wildman–Crippen LogP) is 2.93. The second kappa shape index (κ2) is 5.82. The Hall–Kier alpha value is -1.94. The van der Waals surface area contributed by atoms with Crippen molar-refractivity contribution in [1.82, 2.24) is 9.88 Å². The molecule has 0 atom stereocenters. The zero-order valence-electron chi connectivity index (χ0n) is 12.6. The second-order valence-corrected chi connectivity index (χ2v) is 5.55. The van der Waals surface area contributed by atoms with E-state index in [9.17, 15) is 4.79 Å². The van der Waals surface area contributed by atoms with Crippen LogP contribution in [0.4, 0.5) is 0 Å². The van der Waals surface area contributed by atoms with Crippen molar-refractivity contribution in [2.75, 3.05) is 20.2 Å². The van der Waals surface area contributed by atoms with Crippen LogP contribution in [0, 0.1) is 6.92 Å². The first-order valence-electron chi connectivity index (χ1n) is 7.39. The Kier molecular flexibility index (Phi) is 3.88. The van der Waals surface area contributed by atoms with E-state index >= 15 is 0 Å². The Morgan fingerprint density at radius 3 is 2.71 bits per heavy atom. The number of likely N-dealkylation sites (tertiary alicyclic amines) is 1. The molecule has 0 radical (unpaired) electrons. The van der Waals surface area contributed by atoms with E-state index in [1.807, 2.05) is 31.2 Å². The van der Waals surface area contributed by atoms with E-state index in [1.165, 1.54) is 20.0 Å². The SMILES string of the molecule is COC(=O)c1c(CN2CCCC2)nc2ccccc2c1C. The zero-order valence-corrected chi connectivity index (χ0v) is 12.6. The number of esters is 1. The number of nitrogens with zero attached hydrogens (tertiary/aromatic N) is 2. The highest BCUT2D eigenvalue weighted by molar-refractivity contribution is 5.98. The molecule has 21 heavy (non-hydrogen) atoms. The van der Waals surface area contributed by atoms with Gasteiger partial charge in [-0.3, -0.25) is 9.88 Å². The molecule has 1 aliphatic heterocycles. The maximum absolute atomic E-state index is 12.2. The van der Waals surface area contributed by atoms with Gasteiger partial charge >= 0.3 is 5.97 Å². The van der Waals surface area contributed by atoms with Gasteiger partial charge in [-0.15, -0.1) is 0 Å². The summed E-state index contributed by atoms with van der Waals surface area (Å²) < 4.78 is 4.97. The van der Waals surface area contributed by atoms with Crippen molar-refractivity contribution in [2.45, 2.75) is 26.3 Å². The van der Waals surface area contributed by atoms with Crippen LogP contribution in [0.1, 0.15) is 34.5 Å². The first kappa shape index (κ1) is 14.0. The van der Waals surface area contributed by atoms with Crippen LogP contribution in [0.15, 0.2) is 24.3 Å². The molecule has 1 aromatic carbocycles. The van der Waals surface area contributed by atoms with Crippen molar-refractivity contribution in [3.05, 3.63) is 41.1 Å². The molecule has 0 unspecified atom stereocenters. The Morgan fingerprint density at radius 1 is 1.29 bits per heavy atom. The van der Waals surface area contributed by atoms with Crippen LogP contribution in [0.25, 0.3) is 10.9 Å². The lowest BCUT2D eigenvalue weighted by Gasteiger charge is -2.18. The van der Waals surface area contributed by atoms with Gasteiger partial charge in [0.15, 0.2) is 0 Å². The normalized spacial score (nSPS) is 15.5. The fourth-order valence-electron chi connectivity index (χ4n) is 3.08. The third-order valence-electron chi connectivity index (χ3n) is 4.19. The lowest BCUT2D eigenvalue weighted by Crippen LogP contribution is -2.22. The summed E-state index contributed by atoms with van der Waals surface area (Å²) in [5.41, 5.74) is 3.36. The third-order valence-corrected chi connectivity index (χ3v) is 4.19. The quantitative estimate of drug-likeness (QED) is 0.813. The first-order valence-corrected chi connectivity index (χ1v) is 7.39. The average molecular weight is 284 g/mol. The summed E-state index contributed by atoms with van der Waals surface area (Å²) in [6.07, 6.45) is 2.44.